The SMILES string of the molecule is CCCC1CCN(c2ccc(CBr)cc2Br)C1. The fourth-order valence-corrected chi connectivity index (χ4v) is 3.61. The van der Waals surface area contributed by atoms with Crippen LogP contribution in [0, 0.1) is 5.92 Å². The Morgan fingerprint density at radius 2 is 2.24 bits per heavy atom. The highest BCUT2D eigenvalue weighted by Crippen LogP contribution is 2.33. The van der Waals surface area contributed by atoms with E-state index in [4.69, 9.17) is 0 Å². The molecule has 1 fully saturated rings. The Balaban J connectivity index is 2.08. The van der Waals surface area contributed by atoms with Crippen LogP contribution in [0.1, 0.15) is 31.7 Å². The van der Waals surface area contributed by atoms with Crippen LogP contribution in [-0.2, 0) is 5.33 Å². The molecule has 3 heteroatoms. The Morgan fingerprint density at radius 3 is 2.88 bits per heavy atom. The van der Waals surface area contributed by atoms with Crippen LogP contribution in [0.5, 0.6) is 0 Å². The highest BCUT2D eigenvalue weighted by molar-refractivity contribution is 9.10. The topological polar surface area (TPSA) is 3.24 Å². The molecule has 0 bridgehead atoms. The van der Waals surface area contributed by atoms with Crippen LogP contribution >= 0.6 is 31.9 Å². The van der Waals surface area contributed by atoms with Gasteiger partial charge in [0.25, 0.3) is 0 Å². The molecule has 2 rings (SSSR count). The van der Waals surface area contributed by atoms with E-state index < -0.39 is 0 Å². The molecule has 1 aromatic carbocycles. The number of hydrogen-bond acceptors (Lipinski definition) is 1. The molecule has 1 atom stereocenters. The Kier molecular flexibility index (Phi) is 4.92. The lowest BCUT2D eigenvalue weighted by Gasteiger charge is -2.20. The van der Waals surface area contributed by atoms with Crippen LogP contribution in [0.4, 0.5) is 5.69 Å². The van der Waals surface area contributed by atoms with Gasteiger partial charge in [0, 0.05) is 22.9 Å². The predicted molar refractivity (Wildman–Crippen MR) is 82.0 cm³/mol. The molecule has 1 saturated heterocycles. The van der Waals surface area contributed by atoms with Gasteiger partial charge in [0.2, 0.25) is 0 Å². The first-order valence-corrected chi connectivity index (χ1v) is 8.25. The summed E-state index contributed by atoms with van der Waals surface area (Å²) in [6.45, 7) is 4.71. The highest BCUT2D eigenvalue weighted by Gasteiger charge is 2.23. The molecule has 1 aliphatic rings. The van der Waals surface area contributed by atoms with E-state index in [0.717, 1.165) is 11.2 Å². The monoisotopic (exact) mass is 359 g/mol. The van der Waals surface area contributed by atoms with Crippen molar-refractivity contribution in [2.75, 3.05) is 18.0 Å². The van der Waals surface area contributed by atoms with Gasteiger partial charge in [0.1, 0.15) is 0 Å². The van der Waals surface area contributed by atoms with Crippen molar-refractivity contribution in [2.45, 2.75) is 31.5 Å². The summed E-state index contributed by atoms with van der Waals surface area (Å²) in [4.78, 5) is 2.52. The van der Waals surface area contributed by atoms with E-state index >= 15 is 0 Å². The van der Waals surface area contributed by atoms with Crippen molar-refractivity contribution in [1.82, 2.24) is 0 Å². The van der Waals surface area contributed by atoms with Crippen molar-refractivity contribution in [3.8, 4) is 0 Å². The summed E-state index contributed by atoms with van der Waals surface area (Å²) in [6, 6.07) is 6.67. The van der Waals surface area contributed by atoms with Gasteiger partial charge in [-0.25, -0.2) is 0 Å². The van der Waals surface area contributed by atoms with Crippen LogP contribution in [0.3, 0.4) is 0 Å². The maximum absolute atomic E-state index is 3.69. The summed E-state index contributed by atoms with van der Waals surface area (Å²) in [5.74, 6) is 0.891. The number of halogens is 2. The molecular formula is C14H19Br2N. The van der Waals surface area contributed by atoms with E-state index in [-0.39, 0.29) is 0 Å². The molecule has 1 unspecified atom stereocenters. The molecule has 1 nitrogen and oxygen atoms in total. The molecule has 0 amide bonds. The van der Waals surface area contributed by atoms with Crippen molar-refractivity contribution in [2.24, 2.45) is 5.92 Å². The molecule has 0 spiro atoms. The third-order valence-corrected chi connectivity index (χ3v) is 4.77. The lowest BCUT2D eigenvalue weighted by atomic mass is 10.0. The average Bonchev–Trinajstić information content (AvgIpc) is 2.78. The van der Waals surface area contributed by atoms with Crippen LogP contribution < -0.4 is 4.90 Å². The third-order valence-electron chi connectivity index (χ3n) is 3.49. The van der Waals surface area contributed by atoms with Gasteiger partial charge in [-0.1, -0.05) is 35.3 Å². The van der Waals surface area contributed by atoms with Crippen molar-refractivity contribution in [1.29, 1.82) is 0 Å². The van der Waals surface area contributed by atoms with Crippen molar-refractivity contribution < 1.29 is 0 Å². The lowest BCUT2D eigenvalue weighted by molar-refractivity contribution is 0.530. The van der Waals surface area contributed by atoms with E-state index in [1.165, 1.54) is 48.1 Å². The number of alkyl halides is 1. The fourth-order valence-electron chi connectivity index (χ4n) is 2.59. The standard InChI is InChI=1S/C14H19Br2N/c1-2-3-11-6-7-17(10-11)14-5-4-12(9-15)8-13(14)16/h4-5,8,11H,2-3,6-7,9-10H2,1H3. The third kappa shape index (κ3) is 3.25. The van der Waals surface area contributed by atoms with E-state index in [1.54, 1.807) is 0 Å². The second-order valence-corrected chi connectivity index (χ2v) is 6.22. The number of rotatable bonds is 4. The molecule has 0 aliphatic carbocycles. The van der Waals surface area contributed by atoms with Crippen LogP contribution in [0.15, 0.2) is 22.7 Å². The van der Waals surface area contributed by atoms with Crippen molar-refractivity contribution in [3.05, 3.63) is 28.2 Å². The fraction of sp³-hybridized carbons (Fsp3) is 0.571. The highest BCUT2D eigenvalue weighted by atomic mass is 79.9. The molecule has 1 heterocycles. The predicted octanol–water partition coefficient (Wildman–Crippen LogP) is 4.97. The molecule has 17 heavy (non-hydrogen) atoms. The normalized spacial score (nSPS) is 19.9. The average molecular weight is 361 g/mol. The van der Waals surface area contributed by atoms with Gasteiger partial charge in [-0.15, -0.1) is 0 Å². The second-order valence-electron chi connectivity index (χ2n) is 4.81. The van der Waals surface area contributed by atoms with Gasteiger partial charge < -0.3 is 4.90 Å². The van der Waals surface area contributed by atoms with E-state index in [2.05, 4.69) is 61.9 Å². The molecule has 94 valence electrons. The molecule has 0 aromatic heterocycles. The minimum atomic E-state index is 0.891. The Morgan fingerprint density at radius 1 is 1.41 bits per heavy atom. The Labute approximate surface area is 121 Å². The van der Waals surface area contributed by atoms with Gasteiger partial charge >= 0.3 is 0 Å². The smallest absolute Gasteiger partial charge is 0.0510 e. The van der Waals surface area contributed by atoms with Gasteiger partial charge in [0.15, 0.2) is 0 Å². The van der Waals surface area contributed by atoms with E-state index in [9.17, 15) is 0 Å². The second kappa shape index (κ2) is 6.24. The quantitative estimate of drug-likeness (QED) is 0.685. The Bertz CT molecular complexity index is 378. The number of hydrogen-bond donors (Lipinski definition) is 0. The molecular weight excluding hydrogens is 342 g/mol. The van der Waals surface area contributed by atoms with Gasteiger partial charge in [0.05, 0.1) is 5.69 Å². The number of nitrogens with zero attached hydrogens (tertiary/aromatic N) is 1. The lowest BCUT2D eigenvalue weighted by Crippen LogP contribution is -2.20. The number of benzene rings is 1. The molecule has 0 N–H and O–H groups in total. The van der Waals surface area contributed by atoms with Crippen LogP contribution in [0.2, 0.25) is 0 Å². The first-order chi connectivity index (χ1) is 8.24. The van der Waals surface area contributed by atoms with Crippen LogP contribution in [-0.4, -0.2) is 13.1 Å². The first kappa shape index (κ1) is 13.4. The first-order valence-electron chi connectivity index (χ1n) is 6.34. The summed E-state index contributed by atoms with van der Waals surface area (Å²) >= 11 is 7.19. The van der Waals surface area contributed by atoms with Crippen molar-refractivity contribution in [3.63, 3.8) is 0 Å². The largest absolute Gasteiger partial charge is 0.370 e. The van der Waals surface area contributed by atoms with Gasteiger partial charge in [-0.05, 0) is 52.4 Å². The van der Waals surface area contributed by atoms with Gasteiger partial charge in [-0.3, -0.25) is 0 Å². The van der Waals surface area contributed by atoms with Crippen LogP contribution in [0.25, 0.3) is 0 Å². The minimum Gasteiger partial charge on any atom is -0.370 e. The molecule has 0 saturated carbocycles. The zero-order valence-corrected chi connectivity index (χ0v) is 13.4. The molecule has 1 aromatic rings. The summed E-state index contributed by atoms with van der Waals surface area (Å²) in [6.07, 6.45) is 4.02. The molecule has 0 radical (unpaired) electrons. The number of anilines is 1. The minimum absolute atomic E-state index is 0.891. The summed E-state index contributed by atoms with van der Waals surface area (Å²) in [5, 5.41) is 0.921. The molecule has 1 aliphatic heterocycles. The van der Waals surface area contributed by atoms with E-state index in [1.807, 2.05) is 0 Å². The maximum atomic E-state index is 3.69. The van der Waals surface area contributed by atoms with E-state index in [0.29, 0.717) is 0 Å². The zero-order valence-electron chi connectivity index (χ0n) is 10.3. The summed E-state index contributed by atoms with van der Waals surface area (Å²) < 4.78 is 1.23. The summed E-state index contributed by atoms with van der Waals surface area (Å²) in [5.41, 5.74) is 2.68. The summed E-state index contributed by atoms with van der Waals surface area (Å²) in [7, 11) is 0. The zero-order chi connectivity index (χ0) is 12.3. The van der Waals surface area contributed by atoms with Crippen molar-refractivity contribution >= 4 is 37.5 Å². The maximum Gasteiger partial charge on any atom is 0.0510 e. The van der Waals surface area contributed by atoms with Gasteiger partial charge in [-0.2, -0.15) is 0 Å². The Hall–Kier alpha value is -0.0200.